The van der Waals surface area contributed by atoms with E-state index < -0.39 is 5.91 Å². The summed E-state index contributed by atoms with van der Waals surface area (Å²) in [7, 11) is 0. The predicted molar refractivity (Wildman–Crippen MR) is 142 cm³/mol. The van der Waals surface area contributed by atoms with Gasteiger partial charge in [-0.05, 0) is 55.7 Å². The van der Waals surface area contributed by atoms with Crippen molar-refractivity contribution < 1.29 is 14.3 Å². The summed E-state index contributed by atoms with van der Waals surface area (Å²) in [6, 6.07) is 15.8. The first kappa shape index (κ1) is 25.6. The summed E-state index contributed by atoms with van der Waals surface area (Å²) < 4.78 is 12.9. The zero-order chi connectivity index (χ0) is 26.4. The third-order valence-electron chi connectivity index (χ3n) is 5.35. The Kier molecular flexibility index (Phi) is 7.95. The van der Waals surface area contributed by atoms with Crippen LogP contribution in [-0.4, -0.2) is 27.1 Å². The molecule has 0 bridgehead atoms. The lowest BCUT2D eigenvalue weighted by molar-refractivity contribution is -0.112. The molecule has 37 heavy (non-hydrogen) atoms. The van der Waals surface area contributed by atoms with Crippen LogP contribution < -0.4 is 20.3 Å². The lowest BCUT2D eigenvalue weighted by Gasteiger charge is -2.13. The first-order valence-corrected chi connectivity index (χ1v) is 12.5. The first-order valence-electron chi connectivity index (χ1n) is 11.7. The van der Waals surface area contributed by atoms with Crippen LogP contribution in [-0.2, 0) is 17.8 Å². The van der Waals surface area contributed by atoms with Gasteiger partial charge in [0.05, 0.1) is 12.3 Å². The highest BCUT2D eigenvalue weighted by Gasteiger charge is 2.14. The van der Waals surface area contributed by atoms with Crippen molar-refractivity contribution in [1.82, 2.24) is 14.6 Å². The van der Waals surface area contributed by atoms with Gasteiger partial charge < -0.3 is 14.8 Å². The summed E-state index contributed by atoms with van der Waals surface area (Å²) in [5.74, 6) is 0.385. The second-order valence-electron chi connectivity index (χ2n) is 8.00. The molecule has 188 valence electrons. The summed E-state index contributed by atoms with van der Waals surface area (Å²) >= 11 is 1.37. The normalized spacial score (nSPS) is 11.2. The van der Waals surface area contributed by atoms with Crippen molar-refractivity contribution >= 4 is 34.0 Å². The Morgan fingerprint density at radius 3 is 2.70 bits per heavy atom. The third kappa shape index (κ3) is 6.02. The van der Waals surface area contributed by atoms with Gasteiger partial charge in [0, 0.05) is 11.8 Å². The Labute approximate surface area is 217 Å². The van der Waals surface area contributed by atoms with E-state index in [4.69, 9.17) is 9.47 Å². The van der Waals surface area contributed by atoms with Gasteiger partial charge in [-0.15, -0.1) is 0 Å². The van der Waals surface area contributed by atoms with Gasteiger partial charge in [-0.2, -0.15) is 14.9 Å². The van der Waals surface area contributed by atoms with Gasteiger partial charge in [0.25, 0.3) is 11.5 Å². The number of aryl methyl sites for hydroxylation is 2. The van der Waals surface area contributed by atoms with E-state index >= 15 is 0 Å². The lowest BCUT2D eigenvalue weighted by Crippen LogP contribution is -2.16. The number of nitrogens with one attached hydrogen (secondary N) is 1. The van der Waals surface area contributed by atoms with Crippen molar-refractivity contribution in [3.63, 3.8) is 0 Å². The minimum absolute atomic E-state index is 0.0478. The molecule has 1 N–H and O–H groups in total. The van der Waals surface area contributed by atoms with Crippen LogP contribution in [0.5, 0.6) is 11.5 Å². The number of para-hydroxylation sites is 1. The summed E-state index contributed by atoms with van der Waals surface area (Å²) in [6.07, 6.45) is 2.21. The Morgan fingerprint density at radius 1 is 1.16 bits per heavy atom. The highest BCUT2D eigenvalue weighted by atomic mass is 32.1. The third-order valence-corrected chi connectivity index (χ3v) is 6.41. The largest absolute Gasteiger partial charge is 0.490 e. The number of aromatic nitrogens is 3. The van der Waals surface area contributed by atoms with Crippen LogP contribution in [0.2, 0.25) is 0 Å². The number of nitriles is 1. The van der Waals surface area contributed by atoms with Gasteiger partial charge in [0.2, 0.25) is 4.96 Å². The molecule has 0 spiro atoms. The molecule has 10 heteroatoms. The van der Waals surface area contributed by atoms with Crippen LogP contribution in [0.1, 0.15) is 35.7 Å². The number of benzene rings is 2. The number of carbonyl (C=O) groups excluding carboxylic acids is 1. The number of carbonyl (C=O) groups is 1. The number of fused-ring (bicyclic) bond motifs is 1. The molecule has 0 atom stereocenters. The molecule has 0 aliphatic carbocycles. The number of ether oxygens (including phenoxy) is 2. The Bertz CT molecular complexity index is 1580. The fourth-order valence-electron chi connectivity index (χ4n) is 3.48. The Morgan fingerprint density at radius 2 is 1.97 bits per heavy atom. The minimum atomic E-state index is -0.503. The molecule has 9 nitrogen and oxygen atoms in total. The van der Waals surface area contributed by atoms with Crippen LogP contribution >= 0.6 is 11.3 Å². The van der Waals surface area contributed by atoms with Crippen molar-refractivity contribution in [3.05, 3.63) is 86.3 Å². The number of rotatable bonds is 9. The maximum Gasteiger partial charge on any atom is 0.275 e. The first-order chi connectivity index (χ1) is 17.9. The van der Waals surface area contributed by atoms with Crippen LogP contribution in [0.25, 0.3) is 11.0 Å². The molecule has 2 aromatic carbocycles. The van der Waals surface area contributed by atoms with Gasteiger partial charge in [0.15, 0.2) is 11.5 Å². The Hall–Kier alpha value is -4.49. The van der Waals surface area contributed by atoms with E-state index in [0.29, 0.717) is 40.0 Å². The molecular formula is C27H25N5O4S. The van der Waals surface area contributed by atoms with Crippen molar-refractivity contribution in [1.29, 1.82) is 5.26 Å². The van der Waals surface area contributed by atoms with E-state index in [2.05, 4.69) is 15.4 Å². The molecule has 0 saturated carbocycles. The monoisotopic (exact) mass is 515 g/mol. The van der Waals surface area contributed by atoms with E-state index in [0.717, 1.165) is 17.0 Å². The minimum Gasteiger partial charge on any atom is -0.490 e. The zero-order valence-corrected chi connectivity index (χ0v) is 21.5. The van der Waals surface area contributed by atoms with Gasteiger partial charge in [-0.3, -0.25) is 9.59 Å². The highest BCUT2D eigenvalue weighted by molar-refractivity contribution is 7.16. The van der Waals surface area contributed by atoms with Crippen molar-refractivity contribution in [2.24, 2.45) is 0 Å². The van der Waals surface area contributed by atoms with Gasteiger partial charge in [0.1, 0.15) is 23.3 Å². The van der Waals surface area contributed by atoms with E-state index in [1.54, 1.807) is 24.3 Å². The standard InChI is InChI=1S/C27H25N5O4S/c1-4-24-31-32-25(33)14-20(29-27(32)37-24)16-36-22-11-10-18(13-23(22)35-5-2)12-19(15-28)26(34)30-21-9-7-6-8-17(21)3/h6-14H,4-5,16H2,1-3H3,(H,30,34). The molecular weight excluding hydrogens is 490 g/mol. The second-order valence-corrected chi connectivity index (χ2v) is 9.04. The van der Waals surface area contributed by atoms with Crippen molar-refractivity contribution in [2.45, 2.75) is 33.8 Å². The molecule has 4 rings (SSSR count). The van der Waals surface area contributed by atoms with E-state index in [1.165, 1.54) is 28.0 Å². The fraction of sp³-hybridized carbons (Fsp3) is 0.222. The van der Waals surface area contributed by atoms with Crippen molar-refractivity contribution in [2.75, 3.05) is 11.9 Å². The van der Waals surface area contributed by atoms with E-state index in [9.17, 15) is 14.9 Å². The average Bonchev–Trinajstić information content (AvgIpc) is 3.32. The zero-order valence-electron chi connectivity index (χ0n) is 20.6. The molecule has 0 aliphatic rings. The number of nitrogens with zero attached hydrogens (tertiary/aromatic N) is 4. The molecule has 2 heterocycles. The van der Waals surface area contributed by atoms with Crippen LogP contribution in [0.4, 0.5) is 5.69 Å². The fourth-order valence-corrected chi connectivity index (χ4v) is 4.34. The van der Waals surface area contributed by atoms with Gasteiger partial charge >= 0.3 is 0 Å². The molecule has 2 aromatic heterocycles. The van der Waals surface area contributed by atoms with Crippen LogP contribution in [0, 0.1) is 18.3 Å². The molecule has 0 unspecified atom stereocenters. The summed E-state index contributed by atoms with van der Waals surface area (Å²) in [5.41, 5.74) is 2.30. The summed E-state index contributed by atoms with van der Waals surface area (Å²) in [6.45, 7) is 6.13. The van der Waals surface area contributed by atoms with Gasteiger partial charge in [-0.25, -0.2) is 4.98 Å². The van der Waals surface area contributed by atoms with E-state index in [1.807, 2.05) is 45.0 Å². The molecule has 0 radical (unpaired) electrons. The maximum absolute atomic E-state index is 12.7. The lowest BCUT2D eigenvalue weighted by atomic mass is 10.1. The summed E-state index contributed by atoms with van der Waals surface area (Å²) in [4.78, 5) is 30.1. The molecule has 0 aliphatic heterocycles. The molecule has 0 saturated heterocycles. The number of amides is 1. The van der Waals surface area contributed by atoms with Crippen molar-refractivity contribution in [3.8, 4) is 17.6 Å². The Balaban J connectivity index is 1.54. The maximum atomic E-state index is 12.7. The topological polar surface area (TPSA) is 119 Å². The second kappa shape index (κ2) is 11.5. The molecule has 4 aromatic rings. The summed E-state index contributed by atoms with van der Waals surface area (Å²) in [5, 5.41) is 17.4. The molecule has 0 fully saturated rings. The van der Waals surface area contributed by atoms with Gasteiger partial charge in [-0.1, -0.05) is 42.5 Å². The smallest absolute Gasteiger partial charge is 0.275 e. The highest BCUT2D eigenvalue weighted by Crippen LogP contribution is 2.30. The number of hydrogen-bond acceptors (Lipinski definition) is 8. The quantitative estimate of drug-likeness (QED) is 0.257. The van der Waals surface area contributed by atoms with E-state index in [-0.39, 0.29) is 17.7 Å². The van der Waals surface area contributed by atoms with Crippen LogP contribution in [0.3, 0.4) is 0 Å². The number of hydrogen-bond donors (Lipinski definition) is 1. The SMILES string of the molecule is CCOc1cc(C=C(C#N)C(=O)Nc2ccccc2C)ccc1OCc1cc(=O)n2nc(CC)sc2n1. The average molecular weight is 516 g/mol. The molecule has 1 amide bonds. The van der Waals surface area contributed by atoms with Crippen LogP contribution in [0.15, 0.2) is 58.9 Å². The number of anilines is 1. The predicted octanol–water partition coefficient (Wildman–Crippen LogP) is 4.55.